The Morgan fingerprint density at radius 2 is 0.797 bits per heavy atom. The molecule has 2 atom stereocenters. The Morgan fingerprint density at radius 3 is 1.23 bits per heavy atom. The van der Waals surface area contributed by atoms with Crippen LogP contribution in [0.25, 0.3) is 0 Å². The fourth-order valence-corrected chi connectivity index (χ4v) is 13.2. The van der Waals surface area contributed by atoms with Crippen molar-refractivity contribution in [2.45, 2.75) is 182 Å². The van der Waals surface area contributed by atoms with Crippen LogP contribution in [-0.4, -0.2) is 12.3 Å². The molecule has 2 unspecified atom stereocenters. The smallest absolute Gasteiger partial charge is 0.252 e. The van der Waals surface area contributed by atoms with Gasteiger partial charge in [-0.15, -0.1) is 0 Å². The van der Waals surface area contributed by atoms with E-state index < -0.39 is 0 Å². The zero-order valence-electron chi connectivity index (χ0n) is 45.8. The summed E-state index contributed by atoms with van der Waals surface area (Å²) in [5.74, 6) is 0. The topological polar surface area (TPSA) is 9.72 Å². The Morgan fingerprint density at radius 1 is 0.391 bits per heavy atom. The van der Waals surface area contributed by atoms with Crippen molar-refractivity contribution in [2.75, 3.05) is 14.7 Å². The molecule has 3 heterocycles. The van der Waals surface area contributed by atoms with Gasteiger partial charge in [-0.2, -0.15) is 0 Å². The number of anilines is 8. The van der Waals surface area contributed by atoms with E-state index in [0.29, 0.717) is 0 Å². The second-order valence-electron chi connectivity index (χ2n) is 28.1. The van der Waals surface area contributed by atoms with Crippen molar-refractivity contribution in [1.29, 1.82) is 0 Å². The van der Waals surface area contributed by atoms with E-state index in [1.54, 1.807) is 0 Å². The molecule has 0 radical (unpaired) electrons. The summed E-state index contributed by atoms with van der Waals surface area (Å²) in [5.41, 5.74) is 22.3. The highest BCUT2D eigenvalue weighted by Gasteiger charge is 2.64. The highest BCUT2D eigenvalue weighted by molar-refractivity contribution is 7.00. The molecular weight excluding hydrogens is 834 g/mol. The first-order valence-electron chi connectivity index (χ1n) is 26.1. The molecule has 1 aliphatic carbocycles. The average Bonchev–Trinajstić information content (AvgIpc) is 3.55. The number of rotatable bonds is 3. The van der Waals surface area contributed by atoms with Gasteiger partial charge in [-0.3, -0.25) is 0 Å². The Hall–Kier alpha value is -5.22. The molecule has 0 spiro atoms. The predicted octanol–water partition coefficient (Wildman–Crippen LogP) is 16.2. The van der Waals surface area contributed by atoms with Crippen molar-refractivity contribution in [3.8, 4) is 0 Å². The van der Waals surface area contributed by atoms with Crippen LogP contribution in [0.1, 0.15) is 178 Å². The van der Waals surface area contributed by atoms with E-state index in [-0.39, 0.29) is 50.2 Å². The lowest BCUT2D eigenvalue weighted by Gasteiger charge is -2.47. The average molecular weight is 914 g/mol. The van der Waals surface area contributed by atoms with E-state index in [4.69, 9.17) is 0 Å². The zero-order valence-corrected chi connectivity index (χ0v) is 45.8. The summed E-state index contributed by atoms with van der Waals surface area (Å²) in [6.45, 7) is 45.5. The first kappa shape index (κ1) is 47.5. The maximum absolute atomic E-state index is 2.82. The van der Waals surface area contributed by atoms with Crippen molar-refractivity contribution >= 4 is 68.6 Å². The summed E-state index contributed by atoms with van der Waals surface area (Å²) in [4.78, 5) is 8.15. The molecule has 0 bridgehead atoms. The number of hydrogen-bond acceptors (Lipinski definition) is 3. The van der Waals surface area contributed by atoms with Gasteiger partial charge >= 0.3 is 0 Å². The fraction of sp³-hybridized carbons (Fsp3) is 0.446. The van der Waals surface area contributed by atoms with Crippen LogP contribution in [0, 0.1) is 5.41 Å². The summed E-state index contributed by atoms with van der Waals surface area (Å²) in [7, 11) is 0. The SMILES string of the molecule is CC1(C)CC2(C)c3cc(C(C)(C)C)ccc3N(c3cc4c5c(c3)N(c3cccc(C(C)(C)C)c3)c3cc(C(C)(C)C)ccc3B5c3ccc(C(C)(C)C)cc3N4c3cccc(C(C)(C)C)c3)C2(C)C1. The highest BCUT2D eigenvalue weighted by Crippen LogP contribution is 2.67. The van der Waals surface area contributed by atoms with Crippen LogP contribution in [0.4, 0.5) is 45.5 Å². The van der Waals surface area contributed by atoms with Gasteiger partial charge in [0.25, 0.3) is 6.71 Å². The van der Waals surface area contributed by atoms with Crippen LogP contribution in [0.2, 0.25) is 0 Å². The maximum atomic E-state index is 2.82. The molecule has 0 aromatic heterocycles. The fourth-order valence-electron chi connectivity index (χ4n) is 13.2. The van der Waals surface area contributed by atoms with Gasteiger partial charge in [0.15, 0.2) is 0 Å². The van der Waals surface area contributed by atoms with Gasteiger partial charge in [-0.1, -0.05) is 185 Å². The van der Waals surface area contributed by atoms with Crippen LogP contribution in [0.5, 0.6) is 0 Å². The quantitative estimate of drug-likeness (QED) is 0.164. The molecule has 10 rings (SSSR count). The van der Waals surface area contributed by atoms with Crippen molar-refractivity contribution in [1.82, 2.24) is 0 Å². The Balaban J connectivity index is 1.37. The van der Waals surface area contributed by atoms with Gasteiger partial charge < -0.3 is 14.7 Å². The van der Waals surface area contributed by atoms with Crippen molar-refractivity contribution in [2.24, 2.45) is 5.41 Å². The molecule has 0 saturated heterocycles. The van der Waals surface area contributed by atoms with Gasteiger partial charge in [-0.05, 0) is 157 Å². The molecule has 1 saturated carbocycles. The summed E-state index contributed by atoms with van der Waals surface area (Å²) in [5, 5.41) is 0. The second-order valence-corrected chi connectivity index (χ2v) is 28.1. The largest absolute Gasteiger partial charge is 0.334 e. The van der Waals surface area contributed by atoms with Gasteiger partial charge in [-0.25, -0.2) is 0 Å². The summed E-state index contributed by atoms with van der Waals surface area (Å²) < 4.78 is 0. The molecule has 3 aliphatic heterocycles. The Kier molecular flexibility index (Phi) is 10.3. The second kappa shape index (κ2) is 14.9. The number of hydrogen-bond donors (Lipinski definition) is 0. The highest BCUT2D eigenvalue weighted by atomic mass is 15.3. The first-order chi connectivity index (χ1) is 31.8. The van der Waals surface area contributed by atoms with Crippen LogP contribution < -0.4 is 31.1 Å². The summed E-state index contributed by atoms with van der Waals surface area (Å²) in [6.07, 6.45) is 2.23. The minimum atomic E-state index is -0.179. The minimum absolute atomic E-state index is 0.0210. The lowest BCUT2D eigenvalue weighted by molar-refractivity contribution is 0.330. The van der Waals surface area contributed by atoms with Gasteiger partial charge in [0, 0.05) is 50.9 Å². The molecule has 0 amide bonds. The maximum Gasteiger partial charge on any atom is 0.252 e. The lowest BCUT2D eigenvalue weighted by atomic mass is 9.33. The van der Waals surface area contributed by atoms with Crippen molar-refractivity contribution < 1.29 is 0 Å². The van der Waals surface area contributed by atoms with Gasteiger partial charge in [0.2, 0.25) is 0 Å². The lowest BCUT2D eigenvalue weighted by Crippen LogP contribution is -2.61. The third kappa shape index (κ3) is 7.42. The van der Waals surface area contributed by atoms with Crippen LogP contribution in [0.3, 0.4) is 0 Å². The minimum Gasteiger partial charge on any atom is -0.334 e. The van der Waals surface area contributed by atoms with E-state index in [0.717, 1.165) is 12.8 Å². The number of nitrogens with zero attached hydrogens (tertiary/aromatic N) is 3. The molecule has 1 fully saturated rings. The van der Waals surface area contributed by atoms with E-state index >= 15 is 0 Å². The Labute approximate surface area is 417 Å². The van der Waals surface area contributed by atoms with Gasteiger partial charge in [0.05, 0.1) is 5.54 Å². The molecule has 358 valence electrons. The van der Waals surface area contributed by atoms with E-state index in [1.165, 1.54) is 95.3 Å². The van der Waals surface area contributed by atoms with Crippen LogP contribution >= 0.6 is 0 Å². The monoisotopic (exact) mass is 914 g/mol. The standard InChI is InChI=1S/C65H80BN3/c1-58(2,3)41-22-20-24-46(32-41)67-53-35-44(61(10,11)12)26-29-50(53)66-51-30-27-45(62(13,14)15)36-54(51)68(47-25-21-23-42(33-47)59(4,5)6)56-38-48(37-55(67)57(56)66)69-52-31-28-43(60(7,8)9)34-49(52)64(18)39-63(16,17)40-65(64,69)19/h20-38H,39-40H2,1-19H3. The molecule has 4 aliphatic rings. The Bertz CT molecular complexity index is 2910. The molecule has 6 aromatic carbocycles. The molecule has 3 nitrogen and oxygen atoms in total. The predicted molar refractivity (Wildman–Crippen MR) is 301 cm³/mol. The third-order valence-corrected chi connectivity index (χ3v) is 17.0. The van der Waals surface area contributed by atoms with E-state index in [9.17, 15) is 0 Å². The summed E-state index contributed by atoms with van der Waals surface area (Å²) >= 11 is 0. The van der Waals surface area contributed by atoms with Gasteiger partial charge in [0.1, 0.15) is 0 Å². The van der Waals surface area contributed by atoms with Crippen LogP contribution in [-0.2, 0) is 32.5 Å². The molecule has 4 heteroatoms. The van der Waals surface area contributed by atoms with E-state index in [1.807, 2.05) is 0 Å². The zero-order chi connectivity index (χ0) is 50.0. The first-order valence-corrected chi connectivity index (χ1v) is 26.1. The molecular formula is C65H80BN3. The number of benzene rings is 6. The number of fused-ring (bicyclic) bond motifs is 7. The summed E-state index contributed by atoms with van der Waals surface area (Å²) in [6, 6.07) is 46.5. The van der Waals surface area contributed by atoms with Crippen LogP contribution in [0.15, 0.2) is 115 Å². The van der Waals surface area contributed by atoms with Crippen molar-refractivity contribution in [3.63, 3.8) is 0 Å². The van der Waals surface area contributed by atoms with E-state index in [2.05, 4.69) is 262 Å². The molecule has 69 heavy (non-hydrogen) atoms. The van der Waals surface area contributed by atoms with Crippen molar-refractivity contribution in [3.05, 3.63) is 149 Å². The normalized spacial score (nSPS) is 20.7. The third-order valence-electron chi connectivity index (χ3n) is 17.0. The molecule has 6 aromatic rings. The molecule has 0 N–H and O–H groups in total.